The van der Waals surface area contributed by atoms with Crippen molar-refractivity contribution in [2.75, 3.05) is 0 Å². The van der Waals surface area contributed by atoms with Gasteiger partial charge in [-0.3, -0.25) is 0 Å². The van der Waals surface area contributed by atoms with E-state index in [-0.39, 0.29) is 6.04 Å². The number of aryl methyl sites for hydroxylation is 2. The molecule has 0 aliphatic carbocycles. The largest absolute Gasteiger partial charge is 0.328 e. The topological polar surface area (TPSA) is 26.0 Å². The van der Waals surface area contributed by atoms with Gasteiger partial charge >= 0.3 is 0 Å². The molecule has 0 fully saturated rings. The highest BCUT2D eigenvalue weighted by atomic mass is 14.6. The van der Waals surface area contributed by atoms with E-state index in [0.29, 0.717) is 0 Å². The van der Waals surface area contributed by atoms with Gasteiger partial charge in [0.25, 0.3) is 0 Å². The summed E-state index contributed by atoms with van der Waals surface area (Å²) in [7, 11) is 0. The zero-order valence-corrected chi connectivity index (χ0v) is 8.09. The summed E-state index contributed by atoms with van der Waals surface area (Å²) in [5, 5.41) is 0. The fourth-order valence-corrected chi connectivity index (χ4v) is 1.30. The Bertz CT molecular complexity index is 264. The van der Waals surface area contributed by atoms with Crippen molar-refractivity contribution < 1.29 is 0 Å². The molecule has 1 heteroatoms. The second kappa shape index (κ2) is 3.72. The van der Waals surface area contributed by atoms with Crippen LogP contribution in [-0.2, 0) is 6.42 Å². The van der Waals surface area contributed by atoms with E-state index in [1.54, 1.807) is 0 Å². The average Bonchev–Trinajstić information content (AvgIpc) is 1.96. The first-order valence-corrected chi connectivity index (χ1v) is 4.41. The molecule has 1 nitrogen and oxygen atoms in total. The SMILES string of the molecule is Cc1ccc(CC(C)N)cc1C. The fraction of sp³-hybridized carbons (Fsp3) is 0.455. The van der Waals surface area contributed by atoms with Gasteiger partial charge in [0.05, 0.1) is 0 Å². The number of nitrogens with two attached hydrogens (primary N) is 1. The summed E-state index contributed by atoms with van der Waals surface area (Å²) in [5.41, 5.74) is 9.76. The summed E-state index contributed by atoms with van der Waals surface area (Å²) in [6, 6.07) is 6.80. The van der Waals surface area contributed by atoms with Crippen molar-refractivity contribution in [2.24, 2.45) is 5.73 Å². The van der Waals surface area contributed by atoms with E-state index in [1.807, 2.05) is 6.92 Å². The van der Waals surface area contributed by atoms with Gasteiger partial charge in [-0.25, -0.2) is 0 Å². The van der Waals surface area contributed by atoms with Gasteiger partial charge < -0.3 is 5.73 Å². The first-order chi connectivity index (χ1) is 5.59. The minimum atomic E-state index is 0.257. The predicted molar refractivity (Wildman–Crippen MR) is 53.3 cm³/mol. The van der Waals surface area contributed by atoms with E-state index < -0.39 is 0 Å². The smallest absolute Gasteiger partial charge is 0.00509 e. The molecule has 2 N–H and O–H groups in total. The Morgan fingerprint density at radius 3 is 2.42 bits per heavy atom. The zero-order valence-electron chi connectivity index (χ0n) is 8.09. The van der Waals surface area contributed by atoms with E-state index in [1.165, 1.54) is 16.7 Å². The van der Waals surface area contributed by atoms with Crippen molar-refractivity contribution in [3.63, 3.8) is 0 Å². The molecule has 12 heavy (non-hydrogen) atoms. The van der Waals surface area contributed by atoms with E-state index in [9.17, 15) is 0 Å². The number of rotatable bonds is 2. The summed E-state index contributed by atoms with van der Waals surface area (Å²) < 4.78 is 0. The number of hydrogen-bond donors (Lipinski definition) is 1. The van der Waals surface area contributed by atoms with Crippen molar-refractivity contribution in [3.8, 4) is 0 Å². The summed E-state index contributed by atoms with van der Waals surface area (Å²) in [6.45, 7) is 6.31. The molecule has 0 aliphatic heterocycles. The third kappa shape index (κ3) is 2.35. The van der Waals surface area contributed by atoms with Gasteiger partial charge in [-0.05, 0) is 43.9 Å². The van der Waals surface area contributed by atoms with Gasteiger partial charge in [0.1, 0.15) is 0 Å². The van der Waals surface area contributed by atoms with Crippen molar-refractivity contribution in [1.82, 2.24) is 0 Å². The highest BCUT2D eigenvalue weighted by molar-refractivity contribution is 5.30. The third-order valence-electron chi connectivity index (χ3n) is 2.13. The Balaban J connectivity index is 2.82. The van der Waals surface area contributed by atoms with Crippen LogP contribution in [0.25, 0.3) is 0 Å². The van der Waals surface area contributed by atoms with Crippen molar-refractivity contribution in [3.05, 3.63) is 34.9 Å². The van der Waals surface area contributed by atoms with Crippen LogP contribution in [0.5, 0.6) is 0 Å². The van der Waals surface area contributed by atoms with E-state index in [0.717, 1.165) is 6.42 Å². The van der Waals surface area contributed by atoms with Gasteiger partial charge in [0.2, 0.25) is 0 Å². The molecule has 0 amide bonds. The Morgan fingerprint density at radius 1 is 1.25 bits per heavy atom. The lowest BCUT2D eigenvalue weighted by molar-refractivity contribution is 0.737. The molecule has 0 aromatic heterocycles. The van der Waals surface area contributed by atoms with Crippen molar-refractivity contribution in [2.45, 2.75) is 33.2 Å². The normalized spacial score (nSPS) is 13.0. The molecule has 0 saturated carbocycles. The molecular weight excluding hydrogens is 146 g/mol. The van der Waals surface area contributed by atoms with Crippen LogP contribution in [0.15, 0.2) is 18.2 Å². The first kappa shape index (κ1) is 9.27. The van der Waals surface area contributed by atoms with Crippen LogP contribution in [0.2, 0.25) is 0 Å². The highest BCUT2D eigenvalue weighted by Gasteiger charge is 1.98. The maximum atomic E-state index is 5.71. The van der Waals surface area contributed by atoms with Crippen molar-refractivity contribution in [1.29, 1.82) is 0 Å². The second-order valence-electron chi connectivity index (χ2n) is 3.60. The Hall–Kier alpha value is -0.820. The summed E-state index contributed by atoms with van der Waals surface area (Å²) in [4.78, 5) is 0. The van der Waals surface area contributed by atoms with E-state index >= 15 is 0 Å². The maximum Gasteiger partial charge on any atom is 0.00509 e. The van der Waals surface area contributed by atoms with Crippen LogP contribution in [0.3, 0.4) is 0 Å². The highest BCUT2D eigenvalue weighted by Crippen LogP contribution is 2.10. The van der Waals surface area contributed by atoms with Gasteiger partial charge in [-0.2, -0.15) is 0 Å². The molecule has 0 aliphatic rings. The Kier molecular flexibility index (Phi) is 2.88. The Labute approximate surface area is 74.6 Å². The second-order valence-corrected chi connectivity index (χ2v) is 3.60. The van der Waals surface area contributed by atoms with Crippen LogP contribution in [-0.4, -0.2) is 6.04 Å². The van der Waals surface area contributed by atoms with Crippen LogP contribution >= 0.6 is 0 Å². The molecule has 0 saturated heterocycles. The quantitative estimate of drug-likeness (QED) is 0.710. The molecule has 0 spiro atoms. The minimum Gasteiger partial charge on any atom is -0.328 e. The number of benzene rings is 1. The molecule has 0 heterocycles. The number of hydrogen-bond acceptors (Lipinski definition) is 1. The third-order valence-corrected chi connectivity index (χ3v) is 2.13. The van der Waals surface area contributed by atoms with Crippen LogP contribution < -0.4 is 5.73 Å². The minimum absolute atomic E-state index is 0.257. The predicted octanol–water partition coefficient (Wildman–Crippen LogP) is 2.19. The van der Waals surface area contributed by atoms with Crippen LogP contribution in [0, 0.1) is 13.8 Å². The molecule has 0 bridgehead atoms. The van der Waals surface area contributed by atoms with Gasteiger partial charge in [0, 0.05) is 6.04 Å². The van der Waals surface area contributed by atoms with Gasteiger partial charge in [-0.1, -0.05) is 18.2 Å². The van der Waals surface area contributed by atoms with E-state index in [4.69, 9.17) is 5.73 Å². The first-order valence-electron chi connectivity index (χ1n) is 4.41. The van der Waals surface area contributed by atoms with Gasteiger partial charge in [0.15, 0.2) is 0 Å². The van der Waals surface area contributed by atoms with Gasteiger partial charge in [-0.15, -0.1) is 0 Å². The average molecular weight is 163 g/mol. The van der Waals surface area contributed by atoms with Crippen molar-refractivity contribution >= 4 is 0 Å². The monoisotopic (exact) mass is 163 g/mol. The van der Waals surface area contributed by atoms with Crippen LogP contribution in [0.4, 0.5) is 0 Å². The Morgan fingerprint density at radius 2 is 1.92 bits per heavy atom. The van der Waals surface area contributed by atoms with Crippen LogP contribution in [0.1, 0.15) is 23.6 Å². The zero-order chi connectivity index (χ0) is 9.14. The molecule has 0 radical (unpaired) electrons. The summed E-state index contributed by atoms with van der Waals surface area (Å²) in [6.07, 6.45) is 0.973. The molecular formula is C11H17N. The fourth-order valence-electron chi connectivity index (χ4n) is 1.30. The molecule has 66 valence electrons. The van der Waals surface area contributed by atoms with E-state index in [2.05, 4.69) is 32.0 Å². The lowest BCUT2D eigenvalue weighted by Gasteiger charge is -2.07. The lowest BCUT2D eigenvalue weighted by atomic mass is 10.0. The standard InChI is InChI=1S/C11H17N/c1-8-4-5-11(6-9(8)2)7-10(3)12/h4-6,10H,7,12H2,1-3H3. The molecule has 1 aromatic carbocycles. The molecule has 1 rings (SSSR count). The summed E-state index contributed by atoms with van der Waals surface area (Å²) in [5.74, 6) is 0. The molecule has 1 unspecified atom stereocenters. The molecule has 1 aromatic rings. The maximum absolute atomic E-state index is 5.71. The molecule has 1 atom stereocenters. The summed E-state index contributed by atoms with van der Waals surface area (Å²) >= 11 is 0. The lowest BCUT2D eigenvalue weighted by Crippen LogP contribution is -2.17.